The number of hydrogen-bond acceptors (Lipinski definition) is 3. The molecule has 1 aromatic rings. The maximum atomic E-state index is 13.5. The van der Waals surface area contributed by atoms with Crippen molar-refractivity contribution in [2.45, 2.75) is 13.3 Å². The summed E-state index contributed by atoms with van der Waals surface area (Å²) >= 11 is 0. The van der Waals surface area contributed by atoms with Gasteiger partial charge in [-0.3, -0.25) is 9.59 Å². The van der Waals surface area contributed by atoms with Crippen LogP contribution < -0.4 is 10.6 Å². The van der Waals surface area contributed by atoms with E-state index in [1.54, 1.807) is 6.92 Å². The maximum Gasteiger partial charge on any atom is 0.317 e. The Morgan fingerprint density at radius 1 is 1.20 bits per heavy atom. The highest BCUT2D eigenvalue weighted by Crippen LogP contribution is 2.29. The van der Waals surface area contributed by atoms with E-state index in [1.165, 1.54) is 4.90 Å². The summed E-state index contributed by atoms with van der Waals surface area (Å²) in [6.45, 7) is 2.01. The van der Waals surface area contributed by atoms with Crippen LogP contribution >= 0.6 is 0 Å². The molecule has 2 rings (SSSR count). The van der Waals surface area contributed by atoms with Gasteiger partial charge < -0.3 is 20.6 Å². The quantitative estimate of drug-likeness (QED) is 0.691. The molecule has 1 aliphatic rings. The molecule has 25 heavy (non-hydrogen) atoms. The number of aliphatic carboxylic acids is 1. The molecule has 1 saturated heterocycles. The molecule has 3 N–H and O–H groups in total. The monoisotopic (exact) mass is 355 g/mol. The number of benzene rings is 1. The molecule has 1 atom stereocenters. The molecule has 1 fully saturated rings. The largest absolute Gasteiger partial charge is 0.481 e. The average Bonchev–Trinajstić information content (AvgIpc) is 2.95. The third-order valence-corrected chi connectivity index (χ3v) is 4.15. The van der Waals surface area contributed by atoms with Crippen LogP contribution in [0.4, 0.5) is 13.6 Å². The van der Waals surface area contributed by atoms with Crippen molar-refractivity contribution < 1.29 is 28.3 Å². The van der Waals surface area contributed by atoms with E-state index in [-0.39, 0.29) is 19.6 Å². The first-order valence-corrected chi connectivity index (χ1v) is 7.73. The van der Waals surface area contributed by atoms with Crippen molar-refractivity contribution in [3.63, 3.8) is 0 Å². The second-order valence-electron chi connectivity index (χ2n) is 6.12. The molecule has 1 unspecified atom stereocenters. The summed E-state index contributed by atoms with van der Waals surface area (Å²) in [5, 5.41) is 14.0. The van der Waals surface area contributed by atoms with Gasteiger partial charge in [0.2, 0.25) is 0 Å². The van der Waals surface area contributed by atoms with E-state index in [2.05, 4.69) is 10.6 Å². The fraction of sp³-hybridized carbons (Fsp3) is 0.438. The average molecular weight is 355 g/mol. The van der Waals surface area contributed by atoms with Crippen molar-refractivity contribution in [3.8, 4) is 0 Å². The molecule has 9 heteroatoms. The van der Waals surface area contributed by atoms with E-state index in [1.807, 2.05) is 0 Å². The smallest absolute Gasteiger partial charge is 0.317 e. The fourth-order valence-corrected chi connectivity index (χ4v) is 2.57. The van der Waals surface area contributed by atoms with Crippen LogP contribution in [0, 0.1) is 17.0 Å². The summed E-state index contributed by atoms with van der Waals surface area (Å²) in [7, 11) is 0. The van der Waals surface area contributed by atoms with Crippen LogP contribution in [0.2, 0.25) is 0 Å². The number of carboxylic acid groups (broad SMARTS) is 1. The number of nitrogens with one attached hydrogen (secondary N) is 2. The molecular formula is C16H19F2N3O4. The van der Waals surface area contributed by atoms with Crippen LogP contribution in [-0.4, -0.2) is 54.1 Å². The highest BCUT2D eigenvalue weighted by atomic mass is 19.1. The fourth-order valence-electron chi connectivity index (χ4n) is 2.57. The van der Waals surface area contributed by atoms with Crippen molar-refractivity contribution in [2.24, 2.45) is 5.41 Å². The lowest BCUT2D eigenvalue weighted by atomic mass is 9.90. The van der Waals surface area contributed by atoms with Gasteiger partial charge in [-0.25, -0.2) is 13.6 Å². The third kappa shape index (κ3) is 4.23. The summed E-state index contributed by atoms with van der Waals surface area (Å²) in [5.41, 5.74) is -1.64. The number of carbonyl (C=O) groups is 3. The van der Waals surface area contributed by atoms with Gasteiger partial charge in [0, 0.05) is 26.2 Å². The Bertz CT molecular complexity index is 678. The van der Waals surface area contributed by atoms with Crippen molar-refractivity contribution in [1.82, 2.24) is 15.5 Å². The lowest BCUT2D eigenvalue weighted by molar-refractivity contribution is -0.147. The highest BCUT2D eigenvalue weighted by molar-refractivity contribution is 5.94. The first-order chi connectivity index (χ1) is 11.7. The predicted octanol–water partition coefficient (Wildman–Crippen LogP) is 1.20. The molecule has 3 amide bonds. The SMILES string of the molecule is CC1(C(=O)O)CCN(C(=O)NCCNC(=O)c2c(F)cccc2F)C1. The number of carbonyl (C=O) groups excluding carboxylic acids is 2. The van der Waals surface area contributed by atoms with E-state index in [4.69, 9.17) is 5.11 Å². The molecule has 1 aromatic carbocycles. The molecule has 0 aliphatic carbocycles. The Morgan fingerprint density at radius 2 is 1.80 bits per heavy atom. The van der Waals surface area contributed by atoms with Gasteiger partial charge in [0.05, 0.1) is 5.41 Å². The van der Waals surface area contributed by atoms with E-state index in [9.17, 15) is 23.2 Å². The molecule has 0 bridgehead atoms. The van der Waals surface area contributed by atoms with Gasteiger partial charge in [-0.1, -0.05) is 6.07 Å². The second-order valence-corrected chi connectivity index (χ2v) is 6.12. The molecule has 0 spiro atoms. The van der Waals surface area contributed by atoms with E-state index < -0.39 is 40.5 Å². The van der Waals surface area contributed by atoms with Crippen LogP contribution in [0.3, 0.4) is 0 Å². The van der Waals surface area contributed by atoms with E-state index in [0.29, 0.717) is 13.0 Å². The highest BCUT2D eigenvalue weighted by Gasteiger charge is 2.42. The normalized spacial score (nSPS) is 19.6. The molecule has 136 valence electrons. The minimum atomic E-state index is -0.966. The Kier molecular flexibility index (Phi) is 5.55. The number of nitrogens with zero attached hydrogens (tertiary/aromatic N) is 1. The van der Waals surface area contributed by atoms with Crippen LogP contribution in [0.15, 0.2) is 18.2 Å². The number of likely N-dealkylation sites (tertiary alicyclic amines) is 1. The number of halogens is 2. The summed E-state index contributed by atoms with van der Waals surface area (Å²) in [6, 6.07) is 2.67. The van der Waals surface area contributed by atoms with Crippen molar-refractivity contribution in [3.05, 3.63) is 35.4 Å². The minimum absolute atomic E-state index is 0.0254. The van der Waals surface area contributed by atoms with Crippen LogP contribution in [0.25, 0.3) is 0 Å². The van der Waals surface area contributed by atoms with Crippen molar-refractivity contribution in [1.29, 1.82) is 0 Å². The van der Waals surface area contributed by atoms with Gasteiger partial charge in [-0.15, -0.1) is 0 Å². The lowest BCUT2D eigenvalue weighted by Crippen LogP contribution is -2.43. The minimum Gasteiger partial charge on any atom is -0.481 e. The molecule has 1 heterocycles. The molecule has 7 nitrogen and oxygen atoms in total. The third-order valence-electron chi connectivity index (χ3n) is 4.15. The molecular weight excluding hydrogens is 336 g/mol. The first kappa shape index (κ1) is 18.6. The zero-order valence-electron chi connectivity index (χ0n) is 13.6. The zero-order chi connectivity index (χ0) is 18.6. The van der Waals surface area contributed by atoms with E-state index >= 15 is 0 Å². The van der Waals surface area contributed by atoms with Crippen LogP contribution in [0.5, 0.6) is 0 Å². The maximum absolute atomic E-state index is 13.5. The van der Waals surface area contributed by atoms with Gasteiger partial charge in [0.1, 0.15) is 17.2 Å². The summed E-state index contributed by atoms with van der Waals surface area (Å²) in [6.07, 6.45) is 0.360. The Morgan fingerprint density at radius 3 is 2.36 bits per heavy atom. The summed E-state index contributed by atoms with van der Waals surface area (Å²) in [5.74, 6) is -3.80. The van der Waals surface area contributed by atoms with E-state index in [0.717, 1.165) is 18.2 Å². The van der Waals surface area contributed by atoms with Gasteiger partial charge in [-0.05, 0) is 25.5 Å². The van der Waals surface area contributed by atoms with Gasteiger partial charge in [0.25, 0.3) is 5.91 Å². The lowest BCUT2D eigenvalue weighted by Gasteiger charge is -2.20. The van der Waals surface area contributed by atoms with Crippen LogP contribution in [0.1, 0.15) is 23.7 Å². The molecule has 0 saturated carbocycles. The number of amides is 3. The summed E-state index contributed by atoms with van der Waals surface area (Å²) in [4.78, 5) is 36.3. The van der Waals surface area contributed by atoms with Crippen LogP contribution in [-0.2, 0) is 4.79 Å². The molecule has 1 aliphatic heterocycles. The van der Waals surface area contributed by atoms with Gasteiger partial charge in [-0.2, -0.15) is 0 Å². The van der Waals surface area contributed by atoms with Gasteiger partial charge in [0.15, 0.2) is 0 Å². The zero-order valence-corrected chi connectivity index (χ0v) is 13.6. The van der Waals surface area contributed by atoms with Gasteiger partial charge >= 0.3 is 12.0 Å². The Balaban J connectivity index is 1.77. The Hall–Kier alpha value is -2.71. The predicted molar refractivity (Wildman–Crippen MR) is 84.0 cm³/mol. The topological polar surface area (TPSA) is 98.7 Å². The van der Waals surface area contributed by atoms with Crippen molar-refractivity contribution in [2.75, 3.05) is 26.2 Å². The summed E-state index contributed by atoms with van der Waals surface area (Å²) < 4.78 is 26.9. The number of hydrogen-bond donors (Lipinski definition) is 3. The standard InChI is InChI=1S/C16H19F2N3O4/c1-16(14(23)24)5-8-21(9-16)15(25)20-7-6-19-13(22)12-10(17)3-2-4-11(12)18/h2-4H,5-9H2,1H3,(H,19,22)(H,20,25)(H,23,24). The Labute approximate surface area is 143 Å². The first-order valence-electron chi connectivity index (χ1n) is 7.73. The number of rotatable bonds is 5. The molecule has 0 aromatic heterocycles. The number of urea groups is 1. The molecule has 0 radical (unpaired) electrons. The van der Waals surface area contributed by atoms with Crippen molar-refractivity contribution >= 4 is 17.9 Å². The number of carboxylic acids is 1. The second kappa shape index (κ2) is 7.45.